The Hall–Kier alpha value is -3.88. The summed E-state index contributed by atoms with van der Waals surface area (Å²) in [7, 11) is 1.52. The zero-order valence-electron chi connectivity index (χ0n) is 14.7. The van der Waals surface area contributed by atoms with Crippen molar-refractivity contribution in [1.82, 2.24) is 9.66 Å². The highest BCUT2D eigenvalue weighted by atomic mass is 16.6. The van der Waals surface area contributed by atoms with Crippen LogP contribution in [0.2, 0.25) is 0 Å². The van der Waals surface area contributed by atoms with E-state index in [9.17, 15) is 10.1 Å². The largest absolute Gasteiger partial charge is 0.493 e. The Morgan fingerprint density at radius 1 is 1.22 bits per heavy atom. The summed E-state index contributed by atoms with van der Waals surface area (Å²) in [5.41, 5.74) is 7.29. The number of hydrogen-bond acceptors (Lipinski definition) is 7. The topological polar surface area (TPSA) is 118 Å². The van der Waals surface area contributed by atoms with Crippen LogP contribution in [0.1, 0.15) is 11.3 Å². The number of ether oxygens (including phenoxy) is 2. The van der Waals surface area contributed by atoms with Gasteiger partial charge >= 0.3 is 0 Å². The minimum atomic E-state index is -0.465. The lowest BCUT2D eigenvalue weighted by Crippen LogP contribution is -1.97. The fraction of sp³-hybridized carbons (Fsp3) is 0.111. The highest BCUT2D eigenvalue weighted by Crippen LogP contribution is 2.32. The summed E-state index contributed by atoms with van der Waals surface area (Å²) in [5, 5.41) is 15.0. The molecule has 0 amide bonds. The third-order valence-corrected chi connectivity index (χ3v) is 3.63. The predicted octanol–water partition coefficient (Wildman–Crippen LogP) is 3.37. The van der Waals surface area contributed by atoms with E-state index in [0.29, 0.717) is 23.2 Å². The summed E-state index contributed by atoms with van der Waals surface area (Å²) < 4.78 is 12.6. The van der Waals surface area contributed by atoms with E-state index in [1.165, 1.54) is 36.1 Å². The molecule has 9 heteroatoms. The van der Waals surface area contributed by atoms with Crippen LogP contribution in [0.15, 0.2) is 53.8 Å². The Balaban J connectivity index is 1.79. The third kappa shape index (κ3) is 4.21. The van der Waals surface area contributed by atoms with Gasteiger partial charge in [0.2, 0.25) is 5.95 Å². The molecule has 0 unspecified atom stereocenters. The van der Waals surface area contributed by atoms with Gasteiger partial charge in [0.05, 0.1) is 30.1 Å². The van der Waals surface area contributed by atoms with Crippen LogP contribution < -0.4 is 15.2 Å². The standard InChI is InChI=1S/C18H17N5O4/c1-12-11-22(18(19)21-12)20-10-13-3-8-16(17(9-13)26-2)27-15-6-4-14(5-7-15)23(24)25/h3-11H,1-2H3,(H2,19,21). The highest BCUT2D eigenvalue weighted by Gasteiger charge is 2.09. The molecule has 27 heavy (non-hydrogen) atoms. The maximum Gasteiger partial charge on any atom is 0.269 e. The molecule has 0 spiro atoms. The van der Waals surface area contributed by atoms with E-state index in [0.717, 1.165) is 11.3 Å². The van der Waals surface area contributed by atoms with Gasteiger partial charge in [-0.3, -0.25) is 10.1 Å². The molecule has 0 saturated heterocycles. The minimum Gasteiger partial charge on any atom is -0.493 e. The van der Waals surface area contributed by atoms with Gasteiger partial charge in [-0.1, -0.05) is 0 Å². The maximum atomic E-state index is 10.7. The number of benzene rings is 2. The Labute approximate surface area is 154 Å². The summed E-state index contributed by atoms with van der Waals surface area (Å²) in [5.74, 6) is 1.73. The third-order valence-electron chi connectivity index (χ3n) is 3.63. The first-order valence-corrected chi connectivity index (χ1v) is 7.92. The summed E-state index contributed by atoms with van der Waals surface area (Å²) >= 11 is 0. The van der Waals surface area contributed by atoms with Crippen molar-refractivity contribution in [3.63, 3.8) is 0 Å². The van der Waals surface area contributed by atoms with Gasteiger partial charge in [-0.2, -0.15) is 5.10 Å². The molecule has 3 aromatic rings. The van der Waals surface area contributed by atoms with Crippen molar-refractivity contribution in [2.45, 2.75) is 6.92 Å². The van der Waals surface area contributed by atoms with E-state index in [-0.39, 0.29) is 5.69 Å². The second-order valence-electron chi connectivity index (χ2n) is 5.59. The van der Waals surface area contributed by atoms with Crippen LogP contribution >= 0.6 is 0 Å². The lowest BCUT2D eigenvalue weighted by Gasteiger charge is -2.10. The van der Waals surface area contributed by atoms with Gasteiger partial charge in [-0.05, 0) is 42.8 Å². The quantitative estimate of drug-likeness (QED) is 0.405. The fourth-order valence-corrected chi connectivity index (χ4v) is 2.34. The van der Waals surface area contributed by atoms with Crippen molar-refractivity contribution < 1.29 is 14.4 Å². The van der Waals surface area contributed by atoms with Crippen molar-refractivity contribution in [2.24, 2.45) is 5.10 Å². The molecule has 0 atom stereocenters. The van der Waals surface area contributed by atoms with Gasteiger partial charge < -0.3 is 15.2 Å². The van der Waals surface area contributed by atoms with Gasteiger partial charge in [0.15, 0.2) is 11.5 Å². The predicted molar refractivity (Wildman–Crippen MR) is 101 cm³/mol. The van der Waals surface area contributed by atoms with Crippen LogP contribution in [-0.4, -0.2) is 27.9 Å². The van der Waals surface area contributed by atoms with E-state index in [1.807, 2.05) is 6.92 Å². The highest BCUT2D eigenvalue weighted by molar-refractivity contribution is 5.81. The Morgan fingerprint density at radius 2 is 1.96 bits per heavy atom. The first kappa shape index (κ1) is 17.9. The number of hydrogen-bond donors (Lipinski definition) is 1. The molecule has 9 nitrogen and oxygen atoms in total. The normalized spacial score (nSPS) is 10.9. The second-order valence-corrected chi connectivity index (χ2v) is 5.59. The van der Waals surface area contributed by atoms with Crippen molar-refractivity contribution in [3.05, 3.63) is 70.0 Å². The van der Waals surface area contributed by atoms with Gasteiger partial charge in [-0.15, -0.1) is 0 Å². The molecule has 0 fully saturated rings. The average molecular weight is 367 g/mol. The van der Waals surface area contributed by atoms with E-state index < -0.39 is 4.92 Å². The maximum absolute atomic E-state index is 10.7. The van der Waals surface area contributed by atoms with Crippen LogP contribution in [-0.2, 0) is 0 Å². The summed E-state index contributed by atoms with van der Waals surface area (Å²) in [6, 6.07) is 11.1. The molecule has 2 aromatic carbocycles. The zero-order chi connectivity index (χ0) is 19.4. The van der Waals surface area contributed by atoms with E-state index in [4.69, 9.17) is 15.2 Å². The van der Waals surface area contributed by atoms with Crippen LogP contribution in [0, 0.1) is 17.0 Å². The Kier molecular flexibility index (Phi) is 5.02. The molecular formula is C18H17N5O4. The number of nitrogens with zero attached hydrogens (tertiary/aromatic N) is 4. The molecule has 3 rings (SSSR count). The van der Waals surface area contributed by atoms with Gasteiger partial charge in [-0.25, -0.2) is 9.66 Å². The average Bonchev–Trinajstić information content (AvgIpc) is 2.98. The van der Waals surface area contributed by atoms with Gasteiger partial charge in [0.25, 0.3) is 5.69 Å². The number of non-ortho nitro benzene ring substituents is 1. The summed E-state index contributed by atoms with van der Waals surface area (Å²) in [6.07, 6.45) is 3.34. The minimum absolute atomic E-state index is 0.00474. The lowest BCUT2D eigenvalue weighted by atomic mass is 10.2. The number of nitro benzene ring substituents is 1. The summed E-state index contributed by atoms with van der Waals surface area (Å²) in [4.78, 5) is 14.3. The number of imidazole rings is 1. The molecule has 138 valence electrons. The monoisotopic (exact) mass is 367 g/mol. The molecule has 1 heterocycles. The number of nitrogens with two attached hydrogens (primary N) is 1. The van der Waals surface area contributed by atoms with Crippen LogP contribution in [0.25, 0.3) is 0 Å². The van der Waals surface area contributed by atoms with E-state index in [2.05, 4.69) is 10.1 Å². The first-order chi connectivity index (χ1) is 13.0. The number of aryl methyl sites for hydroxylation is 1. The number of anilines is 1. The van der Waals surface area contributed by atoms with Crippen molar-refractivity contribution in [1.29, 1.82) is 0 Å². The first-order valence-electron chi connectivity index (χ1n) is 7.92. The van der Waals surface area contributed by atoms with Crippen LogP contribution in [0.3, 0.4) is 0 Å². The number of methoxy groups -OCH3 is 1. The molecule has 0 aliphatic carbocycles. The van der Waals surface area contributed by atoms with Crippen molar-refractivity contribution >= 4 is 17.9 Å². The van der Waals surface area contributed by atoms with Gasteiger partial charge in [0, 0.05) is 12.1 Å². The molecular weight excluding hydrogens is 350 g/mol. The number of nitro groups is 1. The molecule has 0 aliphatic heterocycles. The van der Waals surface area contributed by atoms with E-state index in [1.54, 1.807) is 30.6 Å². The fourth-order valence-electron chi connectivity index (χ4n) is 2.34. The Morgan fingerprint density at radius 3 is 2.56 bits per heavy atom. The van der Waals surface area contributed by atoms with Crippen LogP contribution in [0.5, 0.6) is 17.2 Å². The SMILES string of the molecule is COc1cc(C=Nn2cc(C)nc2N)ccc1Oc1ccc([N+](=O)[O-])cc1. The van der Waals surface area contributed by atoms with E-state index >= 15 is 0 Å². The summed E-state index contributed by atoms with van der Waals surface area (Å²) in [6.45, 7) is 1.83. The molecule has 2 N–H and O–H groups in total. The number of aromatic nitrogens is 2. The lowest BCUT2D eigenvalue weighted by molar-refractivity contribution is -0.384. The zero-order valence-corrected chi connectivity index (χ0v) is 14.7. The molecule has 0 radical (unpaired) electrons. The number of rotatable bonds is 6. The number of nitrogen functional groups attached to an aromatic ring is 1. The second kappa shape index (κ2) is 7.56. The van der Waals surface area contributed by atoms with Gasteiger partial charge in [0.1, 0.15) is 5.75 Å². The molecule has 0 saturated carbocycles. The van der Waals surface area contributed by atoms with Crippen molar-refractivity contribution in [3.8, 4) is 17.2 Å². The molecule has 1 aromatic heterocycles. The smallest absolute Gasteiger partial charge is 0.269 e. The van der Waals surface area contributed by atoms with Crippen LogP contribution in [0.4, 0.5) is 11.6 Å². The molecule has 0 aliphatic rings. The molecule has 0 bridgehead atoms. The Bertz CT molecular complexity index is 995. The van der Waals surface area contributed by atoms with Crippen molar-refractivity contribution in [2.75, 3.05) is 12.8 Å².